The van der Waals surface area contributed by atoms with E-state index in [0.717, 1.165) is 0 Å². The second kappa shape index (κ2) is 10.8. The van der Waals surface area contributed by atoms with Gasteiger partial charge in [0, 0.05) is 0 Å². The Morgan fingerprint density at radius 1 is 0.917 bits per heavy atom. The van der Waals surface area contributed by atoms with Crippen molar-refractivity contribution >= 4 is 0 Å². The van der Waals surface area contributed by atoms with Crippen LogP contribution < -0.4 is 18.9 Å². The minimum absolute atomic E-state index is 0. The van der Waals surface area contributed by atoms with Crippen molar-refractivity contribution in [2.75, 3.05) is 0 Å². The summed E-state index contributed by atoms with van der Waals surface area (Å²) in [5.74, 6) is 0. The molecule has 0 aliphatic rings. The second-order valence-corrected chi connectivity index (χ2v) is 1.65. The molecule has 0 heterocycles. The average Bonchev–Trinajstić information content (AvgIpc) is 2.67. The Kier molecular flexibility index (Phi) is 12.9. The van der Waals surface area contributed by atoms with E-state index >= 15 is 0 Å². The standard InChI is InChI=1S/C5H5.C5H.Fe.Li/c2*1-2-4-5-3-1;;/h1-5H;1H;;/q-1;-5;+2;+1. The van der Waals surface area contributed by atoms with Crippen molar-refractivity contribution in [3.8, 4) is 0 Å². The smallest absolute Gasteiger partial charge is 0.999 e. The maximum absolute atomic E-state index is 2.62. The van der Waals surface area contributed by atoms with Crippen molar-refractivity contribution in [1.29, 1.82) is 0 Å². The molecule has 12 heavy (non-hydrogen) atoms. The summed E-state index contributed by atoms with van der Waals surface area (Å²) in [7, 11) is 0. The summed E-state index contributed by atoms with van der Waals surface area (Å²) in [5, 5.41) is 0. The molecule has 0 nitrogen and oxygen atoms in total. The third kappa shape index (κ3) is 7.92. The van der Waals surface area contributed by atoms with Crippen molar-refractivity contribution in [3.05, 3.63) is 60.7 Å². The molecular formula is C10H6FeLi-3. The van der Waals surface area contributed by atoms with Crippen LogP contribution in [0.15, 0.2) is 36.4 Å². The van der Waals surface area contributed by atoms with Gasteiger partial charge in [-0.1, -0.05) is 0 Å². The first-order chi connectivity index (χ1) is 5.00. The maximum Gasteiger partial charge on any atom is 2.00 e. The van der Waals surface area contributed by atoms with Gasteiger partial charge in [0.25, 0.3) is 0 Å². The number of hydrogen-bond acceptors (Lipinski definition) is 0. The fraction of sp³-hybridized carbons (Fsp3) is 0. The summed E-state index contributed by atoms with van der Waals surface area (Å²) in [4.78, 5) is 0. The van der Waals surface area contributed by atoms with Crippen LogP contribution >= 0.6 is 0 Å². The van der Waals surface area contributed by atoms with Gasteiger partial charge in [-0.15, -0.1) is 0 Å². The Hall–Kier alpha value is -0.183. The van der Waals surface area contributed by atoms with E-state index in [9.17, 15) is 0 Å². The van der Waals surface area contributed by atoms with Crippen molar-refractivity contribution in [3.63, 3.8) is 0 Å². The zero-order valence-corrected chi connectivity index (χ0v) is 7.92. The molecular weight excluding hydrogens is 183 g/mol. The van der Waals surface area contributed by atoms with Gasteiger partial charge in [-0.25, -0.2) is 12.1 Å². The zero-order chi connectivity index (χ0) is 7.07. The monoisotopic (exact) mass is 189 g/mol. The van der Waals surface area contributed by atoms with Crippen molar-refractivity contribution in [1.82, 2.24) is 0 Å². The predicted molar refractivity (Wildman–Crippen MR) is 39.4 cm³/mol. The summed E-state index contributed by atoms with van der Waals surface area (Å²) in [6, 6.07) is 22.0. The Labute approximate surface area is 96.4 Å². The van der Waals surface area contributed by atoms with Crippen LogP contribution in [0.3, 0.4) is 0 Å². The second-order valence-electron chi connectivity index (χ2n) is 1.65. The minimum atomic E-state index is 0. The Bertz CT molecular complexity index is 149. The number of hydrogen-bond donors (Lipinski definition) is 0. The molecule has 0 spiro atoms. The van der Waals surface area contributed by atoms with E-state index in [1.54, 1.807) is 6.07 Å². The normalized spacial score (nSPS) is 6.67. The van der Waals surface area contributed by atoms with Gasteiger partial charge < -0.3 is 30.3 Å². The first kappa shape index (κ1) is 14.3. The van der Waals surface area contributed by atoms with E-state index in [0.29, 0.717) is 0 Å². The molecule has 0 aliphatic carbocycles. The minimum Gasteiger partial charge on any atom is -0.999 e. The molecule has 0 saturated heterocycles. The molecule has 2 rings (SSSR count). The fourth-order valence-corrected chi connectivity index (χ4v) is 0.501. The van der Waals surface area contributed by atoms with Crippen LogP contribution in [0.25, 0.3) is 0 Å². The van der Waals surface area contributed by atoms with Crippen molar-refractivity contribution < 1.29 is 35.9 Å². The first-order valence-corrected chi connectivity index (χ1v) is 2.99. The molecule has 2 heteroatoms. The molecule has 0 radical (unpaired) electrons. The van der Waals surface area contributed by atoms with E-state index in [1.807, 2.05) is 30.3 Å². The third-order valence-corrected chi connectivity index (χ3v) is 0.907. The summed E-state index contributed by atoms with van der Waals surface area (Å²) < 4.78 is 0. The van der Waals surface area contributed by atoms with Gasteiger partial charge in [0.15, 0.2) is 0 Å². The molecule has 0 bridgehead atoms. The van der Waals surface area contributed by atoms with Crippen molar-refractivity contribution in [2.45, 2.75) is 0 Å². The van der Waals surface area contributed by atoms with Crippen LogP contribution in [-0.2, 0) is 17.1 Å². The van der Waals surface area contributed by atoms with Gasteiger partial charge in [0.1, 0.15) is 0 Å². The summed E-state index contributed by atoms with van der Waals surface area (Å²) in [6.07, 6.45) is 0. The van der Waals surface area contributed by atoms with Gasteiger partial charge in [-0.2, -0.15) is 18.2 Å². The van der Waals surface area contributed by atoms with Crippen LogP contribution in [0.4, 0.5) is 0 Å². The molecule has 58 valence electrons. The topological polar surface area (TPSA) is 0 Å². The van der Waals surface area contributed by atoms with Crippen molar-refractivity contribution in [2.24, 2.45) is 0 Å². The summed E-state index contributed by atoms with van der Waals surface area (Å²) in [6.45, 7) is 0. The van der Waals surface area contributed by atoms with E-state index < -0.39 is 0 Å². The van der Waals surface area contributed by atoms with Crippen LogP contribution in [0.2, 0.25) is 0 Å². The molecule has 0 unspecified atom stereocenters. The van der Waals surface area contributed by atoms with Gasteiger partial charge >= 0.3 is 35.9 Å². The molecule has 0 aromatic heterocycles. The van der Waals surface area contributed by atoms with Gasteiger partial charge in [0.05, 0.1) is 0 Å². The molecule has 0 fully saturated rings. The van der Waals surface area contributed by atoms with E-state index in [2.05, 4.69) is 24.3 Å². The quantitative estimate of drug-likeness (QED) is 0.368. The van der Waals surface area contributed by atoms with Gasteiger partial charge in [-0.3, -0.25) is 0 Å². The van der Waals surface area contributed by atoms with E-state index in [1.165, 1.54) is 0 Å². The molecule has 0 saturated carbocycles. The molecule has 2 aromatic rings. The van der Waals surface area contributed by atoms with E-state index in [4.69, 9.17) is 0 Å². The van der Waals surface area contributed by atoms with Gasteiger partial charge in [-0.05, 0) is 0 Å². The molecule has 2 aromatic carbocycles. The average molecular weight is 189 g/mol. The van der Waals surface area contributed by atoms with Gasteiger partial charge in [0.2, 0.25) is 0 Å². The number of rotatable bonds is 0. The Morgan fingerprint density at radius 3 is 1.58 bits per heavy atom. The van der Waals surface area contributed by atoms with Crippen LogP contribution in [0.5, 0.6) is 0 Å². The SMILES string of the molecule is [Fe+2].[Li+].[c-]1[c-][c-][cH-][c-]1.c1cc[cH-]c1. The molecule has 0 atom stereocenters. The first-order valence-electron chi connectivity index (χ1n) is 2.99. The fourth-order valence-electron chi connectivity index (χ4n) is 0.501. The molecule has 0 amide bonds. The van der Waals surface area contributed by atoms with E-state index in [-0.39, 0.29) is 35.9 Å². The third-order valence-electron chi connectivity index (χ3n) is 0.907. The zero-order valence-electron chi connectivity index (χ0n) is 6.82. The van der Waals surface area contributed by atoms with Crippen LogP contribution in [-0.4, -0.2) is 0 Å². The van der Waals surface area contributed by atoms with Crippen LogP contribution in [0.1, 0.15) is 0 Å². The maximum atomic E-state index is 2.62. The summed E-state index contributed by atoms with van der Waals surface area (Å²) >= 11 is 0. The van der Waals surface area contributed by atoms with Crippen LogP contribution in [0, 0.1) is 24.3 Å². The Balaban J connectivity index is 0. The molecule has 0 N–H and O–H groups in total. The summed E-state index contributed by atoms with van der Waals surface area (Å²) in [5.41, 5.74) is 0. The predicted octanol–water partition coefficient (Wildman–Crippen LogP) is -0.987. The Morgan fingerprint density at radius 2 is 1.42 bits per heavy atom. The largest absolute Gasteiger partial charge is 2.00 e. The molecule has 0 aliphatic heterocycles.